The van der Waals surface area contributed by atoms with Crippen LogP contribution in [0.1, 0.15) is 11.1 Å². The van der Waals surface area contributed by atoms with Crippen molar-refractivity contribution in [1.82, 2.24) is 15.2 Å². The molecule has 2 aromatic rings. The number of aliphatic hydroxyl groups excluding tert-OH is 1. The van der Waals surface area contributed by atoms with Gasteiger partial charge in [0.2, 0.25) is 0 Å². The number of benzene rings is 1. The van der Waals surface area contributed by atoms with E-state index in [2.05, 4.69) is 10.3 Å². The van der Waals surface area contributed by atoms with Crippen LogP contribution >= 0.6 is 0 Å². The number of hydrogen-bond donors (Lipinski definition) is 2. The Hall–Kier alpha value is -3.17. The van der Waals surface area contributed by atoms with Crippen molar-refractivity contribution in [2.45, 2.75) is 13.1 Å². The molecule has 0 spiro atoms. The number of amides is 1. The molecule has 1 aromatic heterocycles. The number of carbonyl (C=O) groups is 1. The van der Waals surface area contributed by atoms with Crippen LogP contribution in [-0.2, 0) is 17.9 Å². The lowest BCUT2D eigenvalue weighted by molar-refractivity contribution is -0.117. The van der Waals surface area contributed by atoms with E-state index in [1.54, 1.807) is 23.4 Å². The maximum absolute atomic E-state index is 12.2. The Bertz CT molecular complexity index is 739. The van der Waals surface area contributed by atoms with E-state index in [0.29, 0.717) is 19.6 Å². The Morgan fingerprint density at radius 2 is 2.00 bits per heavy atom. The molecule has 128 valence electrons. The van der Waals surface area contributed by atoms with Gasteiger partial charge in [-0.25, -0.2) is 0 Å². The average Bonchev–Trinajstić information content (AvgIpc) is 2.66. The Labute approximate surface area is 147 Å². The summed E-state index contributed by atoms with van der Waals surface area (Å²) >= 11 is 0. The summed E-state index contributed by atoms with van der Waals surface area (Å²) in [5, 5.41) is 21.2. The maximum atomic E-state index is 12.2. The van der Waals surface area contributed by atoms with Gasteiger partial charge in [0.05, 0.1) is 6.61 Å². The first-order valence-electron chi connectivity index (χ1n) is 7.91. The predicted molar refractivity (Wildman–Crippen MR) is 93.7 cm³/mol. The van der Waals surface area contributed by atoms with E-state index in [1.165, 1.54) is 6.20 Å². The maximum Gasteiger partial charge on any atom is 0.263 e. The molecule has 2 rings (SSSR count). The fraction of sp³-hybridized carbons (Fsp3) is 0.211. The number of aromatic nitrogens is 1. The van der Waals surface area contributed by atoms with Crippen LogP contribution in [0, 0.1) is 11.3 Å². The van der Waals surface area contributed by atoms with Crippen LogP contribution in [0.4, 0.5) is 0 Å². The van der Waals surface area contributed by atoms with Gasteiger partial charge in [0.1, 0.15) is 11.6 Å². The molecule has 6 heteroatoms. The minimum absolute atomic E-state index is 0.00623. The number of nitriles is 1. The highest BCUT2D eigenvalue weighted by atomic mass is 16.3. The summed E-state index contributed by atoms with van der Waals surface area (Å²) in [4.78, 5) is 18.0. The highest BCUT2D eigenvalue weighted by Crippen LogP contribution is 2.07. The van der Waals surface area contributed by atoms with Crippen molar-refractivity contribution in [2.75, 3.05) is 13.2 Å². The molecule has 0 aliphatic carbocycles. The summed E-state index contributed by atoms with van der Waals surface area (Å²) in [7, 11) is 0. The largest absolute Gasteiger partial charge is 0.395 e. The smallest absolute Gasteiger partial charge is 0.263 e. The molecule has 0 unspecified atom stereocenters. The monoisotopic (exact) mass is 336 g/mol. The Morgan fingerprint density at radius 3 is 2.64 bits per heavy atom. The van der Waals surface area contributed by atoms with Crippen LogP contribution in [0.25, 0.3) is 0 Å². The van der Waals surface area contributed by atoms with Gasteiger partial charge in [0, 0.05) is 38.2 Å². The zero-order chi connectivity index (χ0) is 17.9. The van der Waals surface area contributed by atoms with E-state index in [1.807, 2.05) is 42.5 Å². The van der Waals surface area contributed by atoms with Gasteiger partial charge in [-0.3, -0.25) is 9.78 Å². The summed E-state index contributed by atoms with van der Waals surface area (Å²) < 4.78 is 0. The third kappa shape index (κ3) is 6.09. The molecule has 0 bridgehead atoms. The minimum atomic E-state index is -0.456. The first-order valence-corrected chi connectivity index (χ1v) is 7.91. The van der Waals surface area contributed by atoms with E-state index in [4.69, 9.17) is 0 Å². The third-order valence-corrected chi connectivity index (χ3v) is 3.47. The topological polar surface area (TPSA) is 89.3 Å². The van der Waals surface area contributed by atoms with E-state index in [9.17, 15) is 15.2 Å². The molecule has 0 atom stereocenters. The van der Waals surface area contributed by atoms with Crippen LogP contribution in [0.3, 0.4) is 0 Å². The van der Waals surface area contributed by atoms with Crippen molar-refractivity contribution in [3.8, 4) is 6.07 Å². The van der Waals surface area contributed by atoms with Crippen LogP contribution in [-0.4, -0.2) is 34.0 Å². The van der Waals surface area contributed by atoms with Gasteiger partial charge in [-0.15, -0.1) is 0 Å². The second-order valence-electron chi connectivity index (χ2n) is 5.38. The van der Waals surface area contributed by atoms with E-state index in [-0.39, 0.29) is 12.2 Å². The Morgan fingerprint density at radius 1 is 1.24 bits per heavy atom. The van der Waals surface area contributed by atoms with Crippen LogP contribution in [0.5, 0.6) is 0 Å². The van der Waals surface area contributed by atoms with Gasteiger partial charge in [0.15, 0.2) is 0 Å². The SMILES string of the molecule is N#C/C(=C/N(CCO)Cc1ccccc1)C(=O)NCc1cccnc1. The van der Waals surface area contributed by atoms with E-state index >= 15 is 0 Å². The molecule has 0 radical (unpaired) electrons. The van der Waals surface area contributed by atoms with Crippen molar-refractivity contribution >= 4 is 5.91 Å². The quantitative estimate of drug-likeness (QED) is 0.564. The standard InChI is InChI=1S/C19H20N4O2/c20-11-18(19(25)22-13-17-7-4-8-21-12-17)15-23(9-10-24)14-16-5-2-1-3-6-16/h1-8,12,15,24H,9-10,13-14H2,(H,22,25)/b18-15-. The molecule has 25 heavy (non-hydrogen) atoms. The molecule has 0 saturated carbocycles. The third-order valence-electron chi connectivity index (χ3n) is 3.47. The second kappa shape index (κ2) is 9.85. The van der Waals surface area contributed by atoms with Crippen molar-refractivity contribution < 1.29 is 9.90 Å². The summed E-state index contributed by atoms with van der Waals surface area (Å²) in [6.45, 7) is 1.06. The summed E-state index contributed by atoms with van der Waals surface area (Å²) in [6.07, 6.45) is 4.80. The highest BCUT2D eigenvalue weighted by Gasteiger charge is 2.11. The average molecular weight is 336 g/mol. The zero-order valence-electron chi connectivity index (χ0n) is 13.8. The fourth-order valence-electron chi connectivity index (χ4n) is 2.24. The number of carbonyl (C=O) groups excluding carboxylic acids is 1. The molecular weight excluding hydrogens is 316 g/mol. The first kappa shape index (κ1) is 18.2. The van der Waals surface area contributed by atoms with Gasteiger partial charge in [-0.2, -0.15) is 5.26 Å². The molecule has 0 fully saturated rings. The molecule has 1 heterocycles. The van der Waals surface area contributed by atoms with Crippen molar-refractivity contribution in [1.29, 1.82) is 5.26 Å². The second-order valence-corrected chi connectivity index (χ2v) is 5.38. The van der Waals surface area contributed by atoms with Gasteiger partial charge in [-0.05, 0) is 17.2 Å². The van der Waals surface area contributed by atoms with Crippen LogP contribution in [0.15, 0.2) is 66.6 Å². The number of hydrogen-bond acceptors (Lipinski definition) is 5. The highest BCUT2D eigenvalue weighted by molar-refractivity contribution is 5.97. The molecule has 1 amide bonds. The lowest BCUT2D eigenvalue weighted by Crippen LogP contribution is -2.27. The van der Waals surface area contributed by atoms with Crippen molar-refractivity contribution in [3.63, 3.8) is 0 Å². The number of nitrogens with one attached hydrogen (secondary N) is 1. The van der Waals surface area contributed by atoms with E-state index in [0.717, 1.165) is 11.1 Å². The lowest BCUT2D eigenvalue weighted by Gasteiger charge is -2.20. The molecule has 0 saturated heterocycles. The molecule has 0 aliphatic rings. The molecule has 1 aromatic carbocycles. The fourth-order valence-corrected chi connectivity index (χ4v) is 2.24. The zero-order valence-corrected chi connectivity index (χ0v) is 13.8. The number of pyridine rings is 1. The first-order chi connectivity index (χ1) is 12.2. The van der Waals surface area contributed by atoms with Gasteiger partial charge >= 0.3 is 0 Å². The van der Waals surface area contributed by atoms with Gasteiger partial charge < -0.3 is 15.3 Å². The van der Waals surface area contributed by atoms with Crippen molar-refractivity contribution in [2.24, 2.45) is 0 Å². The summed E-state index contributed by atoms with van der Waals surface area (Å²) in [5.41, 5.74) is 1.87. The summed E-state index contributed by atoms with van der Waals surface area (Å²) in [5.74, 6) is -0.456. The molecule has 0 aliphatic heterocycles. The van der Waals surface area contributed by atoms with Crippen LogP contribution in [0.2, 0.25) is 0 Å². The number of nitrogens with zero attached hydrogens (tertiary/aromatic N) is 3. The van der Waals surface area contributed by atoms with Crippen LogP contribution < -0.4 is 5.32 Å². The normalized spacial score (nSPS) is 10.8. The predicted octanol–water partition coefficient (Wildman–Crippen LogP) is 1.60. The summed E-state index contributed by atoms with van der Waals surface area (Å²) in [6, 6.07) is 15.2. The van der Waals surface area contributed by atoms with Gasteiger partial charge in [-0.1, -0.05) is 36.4 Å². The Balaban J connectivity index is 2.04. The van der Waals surface area contributed by atoms with Crippen molar-refractivity contribution in [3.05, 3.63) is 77.8 Å². The molecule has 2 N–H and O–H groups in total. The Kier molecular flexibility index (Phi) is 7.16. The van der Waals surface area contributed by atoms with E-state index < -0.39 is 5.91 Å². The minimum Gasteiger partial charge on any atom is -0.395 e. The molecular formula is C19H20N4O2. The number of aliphatic hydroxyl groups is 1. The van der Waals surface area contributed by atoms with Gasteiger partial charge in [0.25, 0.3) is 5.91 Å². The lowest BCUT2D eigenvalue weighted by atomic mass is 10.2. The molecule has 6 nitrogen and oxygen atoms in total. The number of rotatable bonds is 8.